The van der Waals surface area contributed by atoms with Crippen molar-refractivity contribution in [1.82, 2.24) is 10.3 Å². The molecular formula is C13H18N2O. The second kappa shape index (κ2) is 4.24. The van der Waals surface area contributed by atoms with Crippen molar-refractivity contribution in [3.05, 3.63) is 30.1 Å². The van der Waals surface area contributed by atoms with Gasteiger partial charge in [-0.05, 0) is 36.5 Å². The number of aromatic nitrogens is 1. The maximum absolute atomic E-state index is 11.4. The van der Waals surface area contributed by atoms with Crippen LogP contribution in [0.15, 0.2) is 24.5 Å². The number of nitrogens with one attached hydrogen (secondary N) is 1. The van der Waals surface area contributed by atoms with E-state index >= 15 is 0 Å². The second-order valence-electron chi connectivity index (χ2n) is 4.89. The van der Waals surface area contributed by atoms with Crippen LogP contribution in [0, 0.1) is 5.92 Å². The first kappa shape index (κ1) is 11.1. The van der Waals surface area contributed by atoms with E-state index in [0.29, 0.717) is 12.3 Å². The summed E-state index contributed by atoms with van der Waals surface area (Å²) in [5.74, 6) is 0.634. The van der Waals surface area contributed by atoms with Crippen molar-refractivity contribution in [2.45, 2.75) is 38.6 Å². The largest absolute Gasteiger partial charge is 0.350 e. The summed E-state index contributed by atoms with van der Waals surface area (Å²) in [7, 11) is 0. The molecule has 1 aromatic heterocycles. The number of nitrogens with zero attached hydrogens (tertiary/aromatic N) is 1. The van der Waals surface area contributed by atoms with Gasteiger partial charge in [-0.2, -0.15) is 0 Å². The number of carbonyl (C=O) groups is 1. The second-order valence-corrected chi connectivity index (χ2v) is 4.89. The summed E-state index contributed by atoms with van der Waals surface area (Å²) < 4.78 is 0. The van der Waals surface area contributed by atoms with E-state index in [-0.39, 0.29) is 11.4 Å². The molecule has 3 nitrogen and oxygen atoms in total. The molecule has 1 unspecified atom stereocenters. The smallest absolute Gasteiger partial charge is 0.220 e. The predicted octanol–water partition coefficient (Wildman–Crippen LogP) is 1.93. The number of amides is 1. The lowest BCUT2D eigenvalue weighted by Crippen LogP contribution is -2.48. The van der Waals surface area contributed by atoms with E-state index < -0.39 is 0 Å². The highest BCUT2D eigenvalue weighted by molar-refractivity contribution is 5.79. The van der Waals surface area contributed by atoms with Gasteiger partial charge in [-0.1, -0.05) is 13.8 Å². The fourth-order valence-corrected chi connectivity index (χ4v) is 2.37. The highest BCUT2D eigenvalue weighted by Gasteiger charge is 2.40. The van der Waals surface area contributed by atoms with Crippen LogP contribution in [0.2, 0.25) is 0 Å². The van der Waals surface area contributed by atoms with Crippen molar-refractivity contribution in [2.24, 2.45) is 5.92 Å². The third-order valence-electron chi connectivity index (χ3n) is 3.56. The van der Waals surface area contributed by atoms with Gasteiger partial charge in [-0.3, -0.25) is 9.78 Å². The third-order valence-corrected chi connectivity index (χ3v) is 3.56. The first-order valence-electron chi connectivity index (χ1n) is 5.82. The van der Waals surface area contributed by atoms with Crippen LogP contribution in [-0.2, 0) is 11.2 Å². The molecular weight excluding hydrogens is 200 g/mol. The molecule has 1 aromatic rings. The van der Waals surface area contributed by atoms with Crippen molar-refractivity contribution in [1.29, 1.82) is 0 Å². The van der Waals surface area contributed by atoms with Crippen LogP contribution in [0.25, 0.3) is 0 Å². The van der Waals surface area contributed by atoms with Crippen LogP contribution in [0.1, 0.15) is 32.3 Å². The Hall–Kier alpha value is -1.38. The fraction of sp³-hybridized carbons (Fsp3) is 0.538. The summed E-state index contributed by atoms with van der Waals surface area (Å²) in [6.45, 7) is 4.35. The Labute approximate surface area is 96.3 Å². The molecule has 0 aliphatic carbocycles. The number of carbonyl (C=O) groups excluding carboxylic acids is 1. The molecule has 2 heterocycles. The zero-order chi connectivity index (χ0) is 11.6. The minimum absolute atomic E-state index is 0.0571. The molecule has 86 valence electrons. The average Bonchev–Trinajstić information content (AvgIpc) is 2.63. The zero-order valence-electron chi connectivity index (χ0n) is 9.86. The van der Waals surface area contributed by atoms with Crippen LogP contribution >= 0.6 is 0 Å². The van der Waals surface area contributed by atoms with Crippen LogP contribution < -0.4 is 5.32 Å². The molecule has 1 amide bonds. The maximum Gasteiger partial charge on any atom is 0.220 e. The predicted molar refractivity (Wildman–Crippen MR) is 62.9 cm³/mol. The SMILES string of the molecule is CC(C)C1(Cc2ccncc2)CCC(=O)N1. The zero-order valence-corrected chi connectivity index (χ0v) is 9.86. The van der Waals surface area contributed by atoms with Crippen molar-refractivity contribution >= 4 is 5.91 Å². The Morgan fingerprint density at radius 1 is 1.44 bits per heavy atom. The average molecular weight is 218 g/mol. The molecule has 1 saturated heterocycles. The van der Waals surface area contributed by atoms with Crippen molar-refractivity contribution in [3.63, 3.8) is 0 Å². The molecule has 2 rings (SSSR count). The number of hydrogen-bond acceptors (Lipinski definition) is 2. The van der Waals surface area contributed by atoms with Crippen LogP contribution in [0.4, 0.5) is 0 Å². The number of pyridine rings is 1. The molecule has 1 fully saturated rings. The van der Waals surface area contributed by atoms with E-state index in [1.165, 1.54) is 5.56 Å². The topological polar surface area (TPSA) is 42.0 Å². The molecule has 1 aliphatic rings. The standard InChI is InChI=1S/C13H18N2O/c1-10(2)13(6-3-12(16)15-13)9-11-4-7-14-8-5-11/h4-5,7-8,10H,3,6,9H2,1-2H3,(H,15,16). The van der Waals surface area contributed by atoms with Crippen LogP contribution in [0.5, 0.6) is 0 Å². The molecule has 1 N–H and O–H groups in total. The Bertz CT molecular complexity index is 375. The lowest BCUT2D eigenvalue weighted by molar-refractivity contribution is -0.120. The van der Waals surface area contributed by atoms with Gasteiger partial charge >= 0.3 is 0 Å². The summed E-state index contributed by atoms with van der Waals surface area (Å²) >= 11 is 0. The quantitative estimate of drug-likeness (QED) is 0.842. The summed E-state index contributed by atoms with van der Waals surface area (Å²) in [5.41, 5.74) is 1.18. The van der Waals surface area contributed by atoms with Crippen molar-refractivity contribution in [2.75, 3.05) is 0 Å². The Morgan fingerprint density at radius 2 is 2.12 bits per heavy atom. The minimum Gasteiger partial charge on any atom is -0.350 e. The van der Waals surface area contributed by atoms with Gasteiger partial charge in [-0.25, -0.2) is 0 Å². The molecule has 0 bridgehead atoms. The normalized spacial score (nSPS) is 24.8. The highest BCUT2D eigenvalue weighted by atomic mass is 16.2. The Morgan fingerprint density at radius 3 is 2.62 bits per heavy atom. The van der Waals surface area contributed by atoms with E-state index in [1.807, 2.05) is 12.1 Å². The van der Waals surface area contributed by atoms with Gasteiger partial charge in [0.25, 0.3) is 0 Å². The van der Waals surface area contributed by atoms with Crippen molar-refractivity contribution < 1.29 is 4.79 Å². The first-order chi connectivity index (χ1) is 7.62. The summed E-state index contributed by atoms with van der Waals surface area (Å²) in [4.78, 5) is 15.4. The number of rotatable bonds is 3. The van der Waals surface area contributed by atoms with E-state index in [0.717, 1.165) is 12.8 Å². The summed E-state index contributed by atoms with van der Waals surface area (Å²) in [6, 6.07) is 4.04. The van der Waals surface area contributed by atoms with Gasteiger partial charge in [0.15, 0.2) is 0 Å². The first-order valence-corrected chi connectivity index (χ1v) is 5.82. The van der Waals surface area contributed by atoms with E-state index in [2.05, 4.69) is 24.1 Å². The molecule has 0 saturated carbocycles. The number of hydrogen-bond donors (Lipinski definition) is 1. The van der Waals surface area contributed by atoms with Gasteiger partial charge in [-0.15, -0.1) is 0 Å². The van der Waals surface area contributed by atoms with Gasteiger partial charge in [0.1, 0.15) is 0 Å². The fourth-order valence-electron chi connectivity index (χ4n) is 2.37. The van der Waals surface area contributed by atoms with Gasteiger partial charge in [0, 0.05) is 24.4 Å². The molecule has 0 radical (unpaired) electrons. The molecule has 1 atom stereocenters. The van der Waals surface area contributed by atoms with Crippen LogP contribution in [0.3, 0.4) is 0 Å². The lowest BCUT2D eigenvalue weighted by Gasteiger charge is -2.33. The molecule has 0 spiro atoms. The van der Waals surface area contributed by atoms with Gasteiger partial charge < -0.3 is 5.32 Å². The lowest BCUT2D eigenvalue weighted by atomic mass is 9.80. The van der Waals surface area contributed by atoms with E-state index in [4.69, 9.17) is 0 Å². The molecule has 0 aromatic carbocycles. The molecule has 3 heteroatoms. The monoisotopic (exact) mass is 218 g/mol. The van der Waals surface area contributed by atoms with Gasteiger partial charge in [0.2, 0.25) is 5.91 Å². The molecule has 1 aliphatic heterocycles. The maximum atomic E-state index is 11.4. The highest BCUT2D eigenvalue weighted by Crippen LogP contribution is 2.31. The van der Waals surface area contributed by atoms with E-state index in [1.54, 1.807) is 12.4 Å². The van der Waals surface area contributed by atoms with Crippen LogP contribution in [-0.4, -0.2) is 16.4 Å². The summed E-state index contributed by atoms with van der Waals surface area (Å²) in [5, 5.41) is 3.16. The summed E-state index contributed by atoms with van der Waals surface area (Å²) in [6.07, 6.45) is 6.11. The molecule has 16 heavy (non-hydrogen) atoms. The Kier molecular flexibility index (Phi) is 2.95. The minimum atomic E-state index is -0.0571. The van der Waals surface area contributed by atoms with E-state index in [9.17, 15) is 4.79 Å². The third kappa shape index (κ3) is 2.08. The Balaban J connectivity index is 2.19. The van der Waals surface area contributed by atoms with Crippen molar-refractivity contribution in [3.8, 4) is 0 Å². The van der Waals surface area contributed by atoms with Gasteiger partial charge in [0.05, 0.1) is 0 Å².